The van der Waals surface area contributed by atoms with Crippen LogP contribution in [0.4, 0.5) is 8.78 Å². The van der Waals surface area contributed by atoms with Crippen molar-refractivity contribution >= 4 is 15.8 Å². The molecule has 1 atom stereocenters. The van der Waals surface area contributed by atoms with Gasteiger partial charge in [0.05, 0.1) is 17.1 Å². The van der Waals surface area contributed by atoms with E-state index in [-0.39, 0.29) is 23.5 Å². The summed E-state index contributed by atoms with van der Waals surface area (Å²) in [4.78, 5) is 11.8. The standard InChI is InChI=1S/C12H12F2O4S/c1-12(4-5-19(16,17)7-12)18-11(15)8-2-3-9(13)10(14)6-8/h2-3,6H,4-5,7H2,1H3. The van der Waals surface area contributed by atoms with Gasteiger partial charge in [0.1, 0.15) is 5.60 Å². The van der Waals surface area contributed by atoms with E-state index in [0.29, 0.717) is 0 Å². The first-order valence-electron chi connectivity index (χ1n) is 5.60. The molecule has 1 aliphatic heterocycles. The van der Waals surface area contributed by atoms with E-state index in [4.69, 9.17) is 4.74 Å². The number of rotatable bonds is 2. The minimum absolute atomic E-state index is 0.0471. The summed E-state index contributed by atoms with van der Waals surface area (Å²) in [6, 6.07) is 2.64. The normalized spacial score (nSPS) is 25.2. The minimum Gasteiger partial charge on any atom is -0.455 e. The lowest BCUT2D eigenvalue weighted by Gasteiger charge is -2.22. The van der Waals surface area contributed by atoms with E-state index in [1.54, 1.807) is 0 Å². The van der Waals surface area contributed by atoms with E-state index in [9.17, 15) is 22.0 Å². The van der Waals surface area contributed by atoms with E-state index in [0.717, 1.165) is 18.2 Å². The van der Waals surface area contributed by atoms with Crippen molar-refractivity contribution in [3.63, 3.8) is 0 Å². The molecule has 19 heavy (non-hydrogen) atoms. The first-order chi connectivity index (χ1) is 8.71. The van der Waals surface area contributed by atoms with Crippen LogP contribution < -0.4 is 0 Å². The zero-order valence-corrected chi connectivity index (χ0v) is 11.0. The second-order valence-corrected chi connectivity index (χ2v) is 6.99. The van der Waals surface area contributed by atoms with Crippen molar-refractivity contribution in [1.29, 1.82) is 0 Å². The van der Waals surface area contributed by atoms with E-state index in [1.807, 2.05) is 0 Å². The second-order valence-electron chi connectivity index (χ2n) is 4.81. The predicted octanol–water partition coefficient (Wildman–Crippen LogP) is 1.70. The van der Waals surface area contributed by atoms with Crippen molar-refractivity contribution < 1.29 is 26.7 Å². The van der Waals surface area contributed by atoms with Gasteiger partial charge in [0.2, 0.25) is 0 Å². The molecule has 0 saturated carbocycles. The molecule has 0 amide bonds. The summed E-state index contributed by atoms with van der Waals surface area (Å²) < 4.78 is 53.6. The van der Waals surface area contributed by atoms with Gasteiger partial charge >= 0.3 is 5.97 Å². The first-order valence-corrected chi connectivity index (χ1v) is 7.42. The number of sulfone groups is 1. The Morgan fingerprint density at radius 2 is 2.00 bits per heavy atom. The maximum atomic E-state index is 13.0. The van der Waals surface area contributed by atoms with Crippen molar-refractivity contribution in [3.8, 4) is 0 Å². The molecule has 1 aliphatic rings. The summed E-state index contributed by atoms with van der Waals surface area (Å²) in [5.74, 6) is -3.38. The van der Waals surface area contributed by atoms with Crippen LogP contribution >= 0.6 is 0 Å². The molecule has 1 unspecified atom stereocenters. The molecule has 4 nitrogen and oxygen atoms in total. The molecule has 0 N–H and O–H groups in total. The Hall–Kier alpha value is -1.50. The fraction of sp³-hybridized carbons (Fsp3) is 0.417. The molecule has 1 aromatic rings. The van der Waals surface area contributed by atoms with Crippen molar-refractivity contribution in [3.05, 3.63) is 35.4 Å². The number of hydrogen-bond donors (Lipinski definition) is 0. The third-order valence-electron chi connectivity index (χ3n) is 2.96. The van der Waals surface area contributed by atoms with E-state index in [1.165, 1.54) is 6.92 Å². The summed E-state index contributed by atoms with van der Waals surface area (Å²) in [5.41, 5.74) is -1.26. The first kappa shape index (κ1) is 13.9. The molecule has 0 bridgehead atoms. The van der Waals surface area contributed by atoms with Crippen molar-refractivity contribution in [1.82, 2.24) is 0 Å². The van der Waals surface area contributed by atoms with Crippen LogP contribution in [0.2, 0.25) is 0 Å². The Bertz CT molecular complexity index is 627. The van der Waals surface area contributed by atoms with Crippen molar-refractivity contribution in [2.45, 2.75) is 18.9 Å². The molecule has 2 rings (SSSR count). The highest BCUT2D eigenvalue weighted by molar-refractivity contribution is 7.91. The summed E-state index contributed by atoms with van der Waals surface area (Å²) in [6.07, 6.45) is 0.199. The molecule has 1 heterocycles. The highest BCUT2D eigenvalue weighted by atomic mass is 32.2. The van der Waals surface area contributed by atoms with Crippen LogP contribution in [0.5, 0.6) is 0 Å². The van der Waals surface area contributed by atoms with E-state index >= 15 is 0 Å². The number of hydrogen-bond acceptors (Lipinski definition) is 4. The average Bonchev–Trinajstić information content (AvgIpc) is 2.56. The largest absolute Gasteiger partial charge is 0.455 e. The Kier molecular flexibility index (Phi) is 3.34. The van der Waals surface area contributed by atoms with Crippen molar-refractivity contribution in [2.24, 2.45) is 0 Å². The van der Waals surface area contributed by atoms with Gasteiger partial charge in [-0.25, -0.2) is 22.0 Å². The van der Waals surface area contributed by atoms with Gasteiger partial charge in [0.15, 0.2) is 21.5 Å². The quantitative estimate of drug-likeness (QED) is 0.778. The molecular weight excluding hydrogens is 278 g/mol. The summed E-state index contributed by atoms with van der Waals surface area (Å²) in [6.45, 7) is 1.51. The monoisotopic (exact) mass is 290 g/mol. The maximum Gasteiger partial charge on any atom is 0.338 e. The van der Waals surface area contributed by atoms with Gasteiger partial charge in [0.25, 0.3) is 0 Å². The van der Waals surface area contributed by atoms with Crippen LogP contribution in [0.1, 0.15) is 23.7 Å². The average molecular weight is 290 g/mol. The number of ether oxygens (including phenoxy) is 1. The predicted molar refractivity (Wildman–Crippen MR) is 63.4 cm³/mol. The maximum absolute atomic E-state index is 13.0. The van der Waals surface area contributed by atoms with Crippen LogP contribution in [-0.2, 0) is 14.6 Å². The van der Waals surface area contributed by atoms with Crippen LogP contribution in [0.15, 0.2) is 18.2 Å². The topological polar surface area (TPSA) is 60.4 Å². The molecule has 0 spiro atoms. The lowest BCUT2D eigenvalue weighted by molar-refractivity contribution is 0.00225. The summed E-state index contributed by atoms with van der Waals surface area (Å²) in [7, 11) is -3.21. The van der Waals surface area contributed by atoms with Gasteiger partial charge in [-0.3, -0.25) is 0 Å². The van der Waals surface area contributed by atoms with Crippen LogP contribution in [-0.4, -0.2) is 31.5 Å². The third kappa shape index (κ3) is 3.09. The van der Waals surface area contributed by atoms with Crippen LogP contribution in [0.25, 0.3) is 0 Å². The molecule has 0 aromatic heterocycles. The van der Waals surface area contributed by atoms with E-state index in [2.05, 4.69) is 0 Å². The lowest BCUT2D eigenvalue weighted by Crippen LogP contribution is -2.33. The highest BCUT2D eigenvalue weighted by Gasteiger charge is 2.41. The van der Waals surface area contributed by atoms with Gasteiger partial charge in [0, 0.05) is 6.42 Å². The third-order valence-corrected chi connectivity index (χ3v) is 4.84. The number of esters is 1. The fourth-order valence-corrected chi connectivity index (χ4v) is 3.99. The summed E-state index contributed by atoms with van der Waals surface area (Å²) in [5, 5.41) is 0. The minimum atomic E-state index is -3.21. The van der Waals surface area contributed by atoms with Gasteiger partial charge in [-0.2, -0.15) is 0 Å². The molecular formula is C12H12F2O4S. The Morgan fingerprint density at radius 3 is 2.53 bits per heavy atom. The molecule has 104 valence electrons. The molecule has 0 aliphatic carbocycles. The number of carbonyl (C=O) groups is 1. The zero-order valence-electron chi connectivity index (χ0n) is 10.2. The van der Waals surface area contributed by atoms with Crippen molar-refractivity contribution in [2.75, 3.05) is 11.5 Å². The molecule has 1 fully saturated rings. The number of benzene rings is 1. The smallest absolute Gasteiger partial charge is 0.338 e. The Labute approximate surface area is 109 Å². The highest BCUT2D eigenvalue weighted by Crippen LogP contribution is 2.28. The van der Waals surface area contributed by atoms with Crippen LogP contribution in [0, 0.1) is 11.6 Å². The zero-order chi connectivity index (χ0) is 14.3. The van der Waals surface area contributed by atoms with E-state index < -0.39 is 33.0 Å². The summed E-state index contributed by atoms with van der Waals surface area (Å²) >= 11 is 0. The van der Waals surface area contributed by atoms with Gasteiger partial charge < -0.3 is 4.74 Å². The lowest BCUT2D eigenvalue weighted by atomic mass is 10.1. The Balaban J connectivity index is 2.15. The van der Waals surface area contributed by atoms with Gasteiger partial charge in [-0.05, 0) is 25.1 Å². The number of carbonyl (C=O) groups excluding carboxylic acids is 1. The fourth-order valence-electron chi connectivity index (χ4n) is 1.97. The Morgan fingerprint density at radius 1 is 1.32 bits per heavy atom. The molecule has 1 aromatic carbocycles. The second kappa shape index (κ2) is 4.56. The molecule has 7 heteroatoms. The van der Waals surface area contributed by atoms with Gasteiger partial charge in [-0.15, -0.1) is 0 Å². The molecule has 1 saturated heterocycles. The SMILES string of the molecule is CC1(OC(=O)c2ccc(F)c(F)c2)CCS(=O)(=O)C1. The van der Waals surface area contributed by atoms with Gasteiger partial charge in [-0.1, -0.05) is 0 Å². The number of halogens is 2. The van der Waals surface area contributed by atoms with Crippen LogP contribution in [0.3, 0.4) is 0 Å². The molecule has 0 radical (unpaired) electrons.